The highest BCUT2D eigenvalue weighted by atomic mass is 32.2. The fraction of sp³-hybridized carbons (Fsp3) is 0.250. The Morgan fingerprint density at radius 1 is 1.32 bits per heavy atom. The number of carbonyl (C=O) groups is 1. The lowest BCUT2D eigenvalue weighted by Crippen LogP contribution is -2.34. The number of rotatable bonds is 2. The molecule has 6 nitrogen and oxygen atoms in total. The predicted octanol–water partition coefficient (Wildman–Crippen LogP) is 1.16. The lowest BCUT2D eigenvalue weighted by atomic mass is 10.1. The lowest BCUT2D eigenvalue weighted by Gasteiger charge is -2.21. The molecule has 1 aromatic carbocycles. The second kappa shape index (κ2) is 4.58. The molecule has 1 heterocycles. The van der Waals surface area contributed by atoms with E-state index in [0.717, 1.165) is 0 Å². The molecular weight excluding hydrogens is 270 g/mol. The van der Waals surface area contributed by atoms with Gasteiger partial charge in [0.1, 0.15) is 0 Å². The molecular formula is C12H13NO5S. The number of aliphatic hydroxyl groups is 1. The van der Waals surface area contributed by atoms with Crippen molar-refractivity contribution in [3.05, 3.63) is 35.5 Å². The SMILES string of the molecule is CC(C)OC(=O)C1=C(O)c2ccccc2S(=O)(=O)N1. The zero-order valence-corrected chi connectivity index (χ0v) is 11.2. The van der Waals surface area contributed by atoms with E-state index in [0.29, 0.717) is 0 Å². The van der Waals surface area contributed by atoms with Gasteiger partial charge in [0.2, 0.25) is 0 Å². The van der Waals surface area contributed by atoms with E-state index in [4.69, 9.17) is 4.74 Å². The van der Waals surface area contributed by atoms with Gasteiger partial charge >= 0.3 is 5.97 Å². The number of hydrogen-bond acceptors (Lipinski definition) is 5. The molecule has 0 radical (unpaired) electrons. The predicted molar refractivity (Wildman–Crippen MR) is 67.5 cm³/mol. The molecule has 1 aliphatic rings. The number of nitrogens with one attached hydrogen (secondary N) is 1. The van der Waals surface area contributed by atoms with Crippen molar-refractivity contribution >= 4 is 21.8 Å². The summed E-state index contributed by atoms with van der Waals surface area (Å²) >= 11 is 0. The van der Waals surface area contributed by atoms with E-state index in [1.807, 2.05) is 4.72 Å². The third kappa shape index (κ3) is 2.41. The van der Waals surface area contributed by atoms with Crippen LogP contribution in [0.15, 0.2) is 34.9 Å². The number of benzene rings is 1. The average molecular weight is 283 g/mol. The largest absolute Gasteiger partial charge is 0.505 e. The van der Waals surface area contributed by atoms with E-state index in [9.17, 15) is 18.3 Å². The molecule has 0 amide bonds. The summed E-state index contributed by atoms with van der Waals surface area (Å²) in [5.41, 5.74) is -0.385. The standard InChI is InChI=1S/C12H13NO5S/c1-7(2)18-12(15)10-11(14)8-5-3-4-6-9(8)19(16,17)13-10/h3-7,13-14H,1-2H3. The van der Waals surface area contributed by atoms with Crippen LogP contribution in [0.2, 0.25) is 0 Å². The molecule has 1 aromatic rings. The first-order chi connectivity index (χ1) is 8.83. The van der Waals surface area contributed by atoms with Crippen LogP contribution in [0.4, 0.5) is 0 Å². The first-order valence-corrected chi connectivity index (χ1v) is 7.07. The highest BCUT2D eigenvalue weighted by molar-refractivity contribution is 7.89. The van der Waals surface area contributed by atoms with Crippen molar-refractivity contribution in [3.63, 3.8) is 0 Å². The molecule has 0 spiro atoms. The fourth-order valence-corrected chi connectivity index (χ4v) is 2.95. The number of carbonyl (C=O) groups excluding carboxylic acids is 1. The molecule has 0 unspecified atom stereocenters. The molecule has 0 saturated heterocycles. The van der Waals surface area contributed by atoms with Crippen molar-refractivity contribution in [2.45, 2.75) is 24.8 Å². The van der Waals surface area contributed by atoms with Crippen LogP contribution in [0.5, 0.6) is 0 Å². The molecule has 0 aromatic heterocycles. The maximum absolute atomic E-state index is 12.0. The summed E-state index contributed by atoms with van der Waals surface area (Å²) < 4.78 is 30.8. The minimum absolute atomic E-state index is 0.0754. The molecule has 7 heteroatoms. The number of hydrogen-bond donors (Lipinski definition) is 2. The van der Waals surface area contributed by atoms with Gasteiger partial charge < -0.3 is 9.84 Å². The van der Waals surface area contributed by atoms with Crippen LogP contribution >= 0.6 is 0 Å². The van der Waals surface area contributed by atoms with Crippen molar-refractivity contribution < 1.29 is 23.1 Å². The van der Waals surface area contributed by atoms with Gasteiger partial charge in [-0.25, -0.2) is 13.2 Å². The van der Waals surface area contributed by atoms with Crippen molar-refractivity contribution in [1.29, 1.82) is 0 Å². The minimum Gasteiger partial charge on any atom is -0.505 e. The van der Waals surface area contributed by atoms with Crippen LogP contribution in [0.1, 0.15) is 19.4 Å². The normalized spacial score (nSPS) is 16.8. The van der Waals surface area contributed by atoms with Gasteiger partial charge in [-0.15, -0.1) is 0 Å². The van der Waals surface area contributed by atoms with E-state index in [2.05, 4.69) is 0 Å². The van der Waals surface area contributed by atoms with E-state index < -0.39 is 33.6 Å². The minimum atomic E-state index is -3.87. The summed E-state index contributed by atoms with van der Waals surface area (Å²) in [6.07, 6.45) is -0.422. The van der Waals surface area contributed by atoms with E-state index in [1.165, 1.54) is 18.2 Å². The lowest BCUT2D eigenvalue weighted by molar-refractivity contribution is -0.142. The Kier molecular flexibility index (Phi) is 3.23. The molecule has 102 valence electrons. The fourth-order valence-electron chi connectivity index (χ4n) is 1.68. The molecule has 0 fully saturated rings. The highest BCUT2D eigenvalue weighted by Gasteiger charge is 2.33. The summed E-state index contributed by atoms with van der Waals surface area (Å²) in [7, 11) is -3.87. The van der Waals surface area contributed by atoms with Crippen molar-refractivity contribution in [3.8, 4) is 0 Å². The molecule has 19 heavy (non-hydrogen) atoms. The zero-order valence-electron chi connectivity index (χ0n) is 10.4. The van der Waals surface area contributed by atoms with Gasteiger partial charge in [-0.3, -0.25) is 4.72 Å². The summed E-state index contributed by atoms with van der Waals surface area (Å²) in [4.78, 5) is 11.7. The van der Waals surface area contributed by atoms with Crippen LogP contribution in [0.3, 0.4) is 0 Å². The highest BCUT2D eigenvalue weighted by Crippen LogP contribution is 2.29. The Morgan fingerprint density at radius 3 is 2.58 bits per heavy atom. The first kappa shape index (κ1) is 13.4. The Morgan fingerprint density at radius 2 is 1.95 bits per heavy atom. The Hall–Kier alpha value is -2.02. The summed E-state index contributed by atoms with van der Waals surface area (Å²) in [5.74, 6) is -1.35. The number of fused-ring (bicyclic) bond motifs is 1. The monoisotopic (exact) mass is 283 g/mol. The molecule has 1 aliphatic heterocycles. The summed E-state index contributed by atoms with van der Waals surface area (Å²) in [6.45, 7) is 3.25. The van der Waals surface area contributed by atoms with Gasteiger partial charge in [0.15, 0.2) is 11.5 Å². The maximum Gasteiger partial charge on any atom is 0.359 e. The first-order valence-electron chi connectivity index (χ1n) is 5.59. The van der Waals surface area contributed by atoms with Crippen LogP contribution < -0.4 is 4.72 Å². The molecule has 0 saturated carbocycles. The van der Waals surface area contributed by atoms with Gasteiger partial charge in [-0.05, 0) is 26.0 Å². The quantitative estimate of drug-likeness (QED) is 0.794. The molecule has 0 atom stereocenters. The van der Waals surface area contributed by atoms with Gasteiger partial charge in [-0.1, -0.05) is 12.1 Å². The molecule has 2 N–H and O–H groups in total. The van der Waals surface area contributed by atoms with Crippen LogP contribution in [0, 0.1) is 0 Å². The Bertz CT molecular complexity index is 660. The third-order valence-electron chi connectivity index (χ3n) is 2.45. The van der Waals surface area contributed by atoms with Gasteiger partial charge in [0.25, 0.3) is 10.0 Å². The van der Waals surface area contributed by atoms with Gasteiger partial charge in [-0.2, -0.15) is 0 Å². The van der Waals surface area contributed by atoms with Gasteiger partial charge in [0, 0.05) is 5.56 Å². The maximum atomic E-state index is 12.0. The van der Waals surface area contributed by atoms with E-state index in [1.54, 1.807) is 19.9 Å². The Labute approximate surface area is 110 Å². The van der Waals surface area contributed by atoms with Crippen LogP contribution in [-0.4, -0.2) is 25.6 Å². The van der Waals surface area contributed by atoms with Crippen molar-refractivity contribution in [2.24, 2.45) is 0 Å². The van der Waals surface area contributed by atoms with Crippen molar-refractivity contribution in [2.75, 3.05) is 0 Å². The average Bonchev–Trinajstić information content (AvgIpc) is 2.33. The second-order valence-electron chi connectivity index (χ2n) is 4.28. The second-order valence-corrected chi connectivity index (χ2v) is 5.93. The van der Waals surface area contributed by atoms with Crippen molar-refractivity contribution in [1.82, 2.24) is 4.72 Å². The zero-order chi connectivity index (χ0) is 14.2. The third-order valence-corrected chi connectivity index (χ3v) is 3.86. The molecule has 2 rings (SSSR count). The Balaban J connectivity index is 2.56. The van der Waals surface area contributed by atoms with Crippen LogP contribution in [-0.2, 0) is 19.6 Å². The van der Waals surface area contributed by atoms with Gasteiger partial charge in [0.05, 0.1) is 11.0 Å². The van der Waals surface area contributed by atoms with E-state index >= 15 is 0 Å². The number of aliphatic hydroxyl groups excluding tert-OH is 1. The summed E-state index contributed by atoms with van der Waals surface area (Å²) in [6, 6.07) is 5.87. The van der Waals surface area contributed by atoms with Crippen LogP contribution in [0.25, 0.3) is 5.76 Å². The topological polar surface area (TPSA) is 92.7 Å². The number of esters is 1. The number of sulfonamides is 1. The smallest absolute Gasteiger partial charge is 0.359 e. The molecule has 0 aliphatic carbocycles. The van der Waals surface area contributed by atoms with E-state index in [-0.39, 0.29) is 10.5 Å². The molecule has 0 bridgehead atoms. The number of ether oxygens (including phenoxy) is 1. The summed E-state index contributed by atoms with van der Waals surface area (Å²) in [5, 5.41) is 9.99.